The number of halogens is 1. The number of hydrogen-bond acceptors (Lipinski definition) is 2. The smallest absolute Gasteiger partial charge is 0.0994 e. The van der Waals surface area contributed by atoms with Gasteiger partial charge in [-0.2, -0.15) is 5.26 Å². The zero-order valence-electron chi connectivity index (χ0n) is 13.1. The van der Waals surface area contributed by atoms with Crippen molar-refractivity contribution in [1.29, 1.82) is 5.26 Å². The number of rotatable bonds is 6. The van der Waals surface area contributed by atoms with Crippen LogP contribution in [0, 0.1) is 11.3 Å². The van der Waals surface area contributed by atoms with Gasteiger partial charge in [0.25, 0.3) is 0 Å². The molecule has 0 aliphatic rings. The topological polar surface area (TPSA) is 35.8 Å². The molecule has 3 heteroatoms. The Morgan fingerprint density at radius 2 is 1.83 bits per heavy atom. The number of benzene rings is 2. The molecule has 0 saturated heterocycles. The number of nitrogens with zero attached hydrogens (tertiary/aromatic N) is 1. The van der Waals surface area contributed by atoms with Crippen molar-refractivity contribution in [1.82, 2.24) is 5.32 Å². The highest BCUT2D eigenvalue weighted by molar-refractivity contribution is 9.10. The van der Waals surface area contributed by atoms with Crippen LogP contribution in [0.2, 0.25) is 0 Å². The van der Waals surface area contributed by atoms with Crippen molar-refractivity contribution >= 4 is 21.5 Å². The third-order valence-corrected chi connectivity index (χ3v) is 4.01. The third kappa shape index (κ3) is 5.21. The molecular formula is C20H19BrN2. The van der Waals surface area contributed by atoms with Crippen LogP contribution in [0.15, 0.2) is 76.8 Å². The number of nitriles is 1. The number of hydrogen-bond donors (Lipinski definition) is 1. The van der Waals surface area contributed by atoms with Crippen molar-refractivity contribution < 1.29 is 0 Å². The van der Waals surface area contributed by atoms with Crippen molar-refractivity contribution in [2.24, 2.45) is 0 Å². The van der Waals surface area contributed by atoms with E-state index in [0.717, 1.165) is 22.2 Å². The molecule has 23 heavy (non-hydrogen) atoms. The van der Waals surface area contributed by atoms with E-state index < -0.39 is 0 Å². The Kier molecular flexibility index (Phi) is 6.80. The summed E-state index contributed by atoms with van der Waals surface area (Å²) in [4.78, 5) is 0. The van der Waals surface area contributed by atoms with Crippen molar-refractivity contribution in [3.63, 3.8) is 0 Å². The molecule has 2 rings (SSSR count). The zero-order chi connectivity index (χ0) is 16.5. The van der Waals surface area contributed by atoms with Crippen LogP contribution >= 0.6 is 15.9 Å². The summed E-state index contributed by atoms with van der Waals surface area (Å²) in [6.07, 6.45) is 3.93. The second kappa shape index (κ2) is 9.09. The molecule has 0 bridgehead atoms. The molecule has 2 nitrogen and oxygen atoms in total. The minimum absolute atomic E-state index is 0.696. The minimum Gasteiger partial charge on any atom is -0.309 e. The fraction of sp³-hybridized carbons (Fsp3) is 0.150. The molecule has 1 N–H and O–H groups in total. The summed E-state index contributed by atoms with van der Waals surface area (Å²) in [5.41, 5.74) is 3.96. The van der Waals surface area contributed by atoms with Gasteiger partial charge in [0.15, 0.2) is 0 Å². The van der Waals surface area contributed by atoms with Gasteiger partial charge in [-0.25, -0.2) is 0 Å². The molecule has 0 fully saturated rings. The van der Waals surface area contributed by atoms with Crippen molar-refractivity contribution in [2.75, 3.05) is 6.54 Å². The van der Waals surface area contributed by atoms with Crippen molar-refractivity contribution in [3.05, 3.63) is 87.9 Å². The van der Waals surface area contributed by atoms with E-state index in [1.807, 2.05) is 55.5 Å². The van der Waals surface area contributed by atoms with Crippen molar-refractivity contribution in [2.45, 2.75) is 13.5 Å². The summed E-state index contributed by atoms with van der Waals surface area (Å²) < 4.78 is 1.08. The first-order valence-corrected chi connectivity index (χ1v) is 8.31. The highest BCUT2D eigenvalue weighted by Gasteiger charge is 2.06. The SMILES string of the molecule is C/C=C(C#N)\C(=C/CNCc1ccc(Br)cc1)c1ccccc1. The lowest BCUT2D eigenvalue weighted by Gasteiger charge is -2.08. The summed E-state index contributed by atoms with van der Waals surface area (Å²) in [6.45, 7) is 3.40. The van der Waals surface area contributed by atoms with E-state index in [9.17, 15) is 5.26 Å². The average molecular weight is 367 g/mol. The van der Waals surface area contributed by atoms with E-state index in [-0.39, 0.29) is 0 Å². The lowest BCUT2D eigenvalue weighted by atomic mass is 9.98. The van der Waals surface area contributed by atoms with E-state index in [4.69, 9.17) is 0 Å². The summed E-state index contributed by atoms with van der Waals surface area (Å²) in [5, 5.41) is 12.7. The normalized spacial score (nSPS) is 12.0. The van der Waals surface area contributed by atoms with E-state index in [2.05, 4.69) is 45.5 Å². The third-order valence-electron chi connectivity index (χ3n) is 3.48. The molecule has 0 aromatic heterocycles. The molecule has 0 amide bonds. The summed E-state index contributed by atoms with van der Waals surface area (Å²) in [6, 6.07) is 20.5. The Hall–Kier alpha value is -2.15. The Labute approximate surface area is 146 Å². The number of allylic oxidation sites excluding steroid dienone is 3. The van der Waals surface area contributed by atoms with Crippen LogP contribution in [0.5, 0.6) is 0 Å². The highest BCUT2D eigenvalue weighted by atomic mass is 79.9. The molecule has 2 aromatic carbocycles. The van der Waals surface area contributed by atoms with Gasteiger partial charge in [0.2, 0.25) is 0 Å². The summed E-state index contributed by atoms with van der Waals surface area (Å²) >= 11 is 3.44. The number of nitrogens with one attached hydrogen (secondary N) is 1. The molecule has 0 unspecified atom stereocenters. The first kappa shape index (κ1) is 17.2. The molecule has 0 atom stereocenters. The van der Waals surface area contributed by atoms with E-state index in [0.29, 0.717) is 12.1 Å². The molecular weight excluding hydrogens is 348 g/mol. The molecule has 0 spiro atoms. The first-order valence-electron chi connectivity index (χ1n) is 7.52. The van der Waals surface area contributed by atoms with Gasteiger partial charge in [-0.1, -0.05) is 70.5 Å². The molecule has 0 radical (unpaired) electrons. The van der Waals surface area contributed by atoms with Crippen LogP contribution < -0.4 is 5.32 Å². The van der Waals surface area contributed by atoms with Crippen LogP contribution in [0.4, 0.5) is 0 Å². The Bertz CT molecular complexity index is 722. The van der Waals surface area contributed by atoms with Gasteiger partial charge >= 0.3 is 0 Å². The quantitative estimate of drug-likeness (QED) is 0.438. The second-order valence-corrected chi connectivity index (χ2v) is 5.97. The largest absolute Gasteiger partial charge is 0.309 e. The first-order chi connectivity index (χ1) is 11.2. The van der Waals surface area contributed by atoms with Gasteiger partial charge in [0.1, 0.15) is 0 Å². The summed E-state index contributed by atoms with van der Waals surface area (Å²) in [5.74, 6) is 0. The standard InChI is InChI=1S/C20H19BrN2/c1-2-17(14-22)20(18-6-4-3-5-7-18)12-13-23-15-16-8-10-19(21)11-9-16/h2-12,23H,13,15H2,1H3/b17-2-,20-12+. The van der Waals surface area contributed by atoms with Gasteiger partial charge in [0.05, 0.1) is 11.6 Å². The minimum atomic E-state index is 0.696. The van der Waals surface area contributed by atoms with Gasteiger partial charge in [-0.05, 0) is 35.8 Å². The van der Waals surface area contributed by atoms with Crippen LogP contribution in [0.3, 0.4) is 0 Å². The van der Waals surface area contributed by atoms with Crippen LogP contribution in [0.25, 0.3) is 5.57 Å². The van der Waals surface area contributed by atoms with Crippen LogP contribution in [-0.4, -0.2) is 6.54 Å². The van der Waals surface area contributed by atoms with Gasteiger partial charge < -0.3 is 5.32 Å². The maximum absolute atomic E-state index is 9.33. The van der Waals surface area contributed by atoms with Crippen LogP contribution in [0.1, 0.15) is 18.1 Å². The highest BCUT2D eigenvalue weighted by Crippen LogP contribution is 2.22. The molecule has 0 saturated carbocycles. The Morgan fingerprint density at radius 3 is 2.43 bits per heavy atom. The zero-order valence-corrected chi connectivity index (χ0v) is 14.7. The molecule has 0 aliphatic carbocycles. The Morgan fingerprint density at radius 1 is 1.13 bits per heavy atom. The molecule has 116 valence electrons. The van der Waals surface area contributed by atoms with Crippen molar-refractivity contribution in [3.8, 4) is 6.07 Å². The molecule has 0 aliphatic heterocycles. The fourth-order valence-electron chi connectivity index (χ4n) is 2.27. The molecule has 2 aromatic rings. The van der Waals surface area contributed by atoms with E-state index in [1.54, 1.807) is 0 Å². The average Bonchev–Trinajstić information content (AvgIpc) is 2.60. The maximum Gasteiger partial charge on any atom is 0.0994 e. The predicted octanol–water partition coefficient (Wildman–Crippen LogP) is 5.09. The van der Waals surface area contributed by atoms with Gasteiger partial charge in [0, 0.05) is 17.6 Å². The molecule has 0 heterocycles. The van der Waals surface area contributed by atoms with E-state index in [1.165, 1.54) is 5.56 Å². The lowest BCUT2D eigenvalue weighted by molar-refractivity contribution is 0.760. The fourth-order valence-corrected chi connectivity index (χ4v) is 2.54. The predicted molar refractivity (Wildman–Crippen MR) is 99.6 cm³/mol. The van der Waals surface area contributed by atoms with Gasteiger partial charge in [-0.15, -0.1) is 0 Å². The maximum atomic E-state index is 9.33. The lowest BCUT2D eigenvalue weighted by Crippen LogP contribution is -2.13. The van der Waals surface area contributed by atoms with E-state index >= 15 is 0 Å². The summed E-state index contributed by atoms with van der Waals surface area (Å²) in [7, 11) is 0. The monoisotopic (exact) mass is 366 g/mol. The Balaban J connectivity index is 2.06. The second-order valence-electron chi connectivity index (χ2n) is 5.06. The van der Waals surface area contributed by atoms with Gasteiger partial charge in [-0.3, -0.25) is 0 Å². The van der Waals surface area contributed by atoms with Crippen LogP contribution in [-0.2, 0) is 6.54 Å².